The zero-order chi connectivity index (χ0) is 15.2. The summed E-state index contributed by atoms with van der Waals surface area (Å²) < 4.78 is 11.3. The van der Waals surface area contributed by atoms with Crippen LogP contribution in [0.3, 0.4) is 0 Å². The first-order valence-corrected chi connectivity index (χ1v) is 6.96. The molecule has 0 aliphatic heterocycles. The Kier molecular flexibility index (Phi) is 4.82. The minimum atomic E-state index is -0.488. The lowest BCUT2D eigenvalue weighted by Gasteiger charge is -2.17. The van der Waals surface area contributed by atoms with Gasteiger partial charge in [-0.3, -0.25) is 4.79 Å². The largest absolute Gasteiger partial charge is 0.490 e. The van der Waals surface area contributed by atoms with Gasteiger partial charge in [-0.05, 0) is 31.5 Å². The van der Waals surface area contributed by atoms with Crippen molar-refractivity contribution in [2.75, 3.05) is 13.2 Å². The quantitative estimate of drug-likeness (QED) is 0.886. The van der Waals surface area contributed by atoms with Crippen LogP contribution in [0, 0.1) is 0 Å². The fourth-order valence-corrected chi connectivity index (χ4v) is 2.22. The summed E-state index contributed by atoms with van der Waals surface area (Å²) in [6, 6.07) is 13.0. The van der Waals surface area contributed by atoms with Crippen molar-refractivity contribution in [2.24, 2.45) is 5.73 Å². The fraction of sp³-hybridized carbons (Fsp3) is 0.235. The van der Waals surface area contributed by atoms with Crippen LogP contribution in [0.25, 0.3) is 11.1 Å². The minimum Gasteiger partial charge on any atom is -0.490 e. The number of benzene rings is 2. The van der Waals surface area contributed by atoms with Gasteiger partial charge in [0.2, 0.25) is 5.91 Å². The van der Waals surface area contributed by atoms with Gasteiger partial charge in [-0.15, -0.1) is 0 Å². The van der Waals surface area contributed by atoms with E-state index in [1.165, 1.54) is 0 Å². The number of carbonyl (C=O) groups excluding carboxylic acids is 1. The summed E-state index contributed by atoms with van der Waals surface area (Å²) in [5.74, 6) is 0.683. The summed E-state index contributed by atoms with van der Waals surface area (Å²) in [6.45, 7) is 4.79. The van der Waals surface area contributed by atoms with Crippen LogP contribution in [0.1, 0.15) is 24.2 Å². The van der Waals surface area contributed by atoms with Crippen LogP contribution >= 0.6 is 0 Å². The predicted molar refractivity (Wildman–Crippen MR) is 82.7 cm³/mol. The number of amides is 1. The first-order chi connectivity index (χ1) is 10.2. The minimum absolute atomic E-state index is 0.424. The Morgan fingerprint density at radius 1 is 1.00 bits per heavy atom. The average molecular weight is 285 g/mol. The molecule has 2 N–H and O–H groups in total. The van der Waals surface area contributed by atoms with Crippen molar-refractivity contribution in [1.29, 1.82) is 0 Å². The van der Waals surface area contributed by atoms with E-state index >= 15 is 0 Å². The number of hydrogen-bond donors (Lipinski definition) is 1. The van der Waals surface area contributed by atoms with Gasteiger partial charge in [0.05, 0.1) is 18.8 Å². The average Bonchev–Trinajstić information content (AvgIpc) is 2.49. The number of ether oxygens (including phenoxy) is 2. The molecular weight excluding hydrogens is 266 g/mol. The van der Waals surface area contributed by atoms with Gasteiger partial charge in [0.1, 0.15) is 0 Å². The number of primary amides is 1. The molecule has 4 heteroatoms. The molecule has 0 unspecified atom stereocenters. The van der Waals surface area contributed by atoms with Gasteiger partial charge < -0.3 is 15.2 Å². The van der Waals surface area contributed by atoms with Crippen molar-refractivity contribution in [3.63, 3.8) is 0 Å². The topological polar surface area (TPSA) is 61.5 Å². The molecule has 0 bridgehead atoms. The van der Waals surface area contributed by atoms with Crippen LogP contribution in [-0.2, 0) is 0 Å². The SMILES string of the molecule is CCOc1ccc(C(N)=O)c(-c2ccccc2)c1OCC. The van der Waals surface area contributed by atoms with Crippen LogP contribution in [0.15, 0.2) is 42.5 Å². The van der Waals surface area contributed by atoms with Crippen molar-refractivity contribution in [3.05, 3.63) is 48.0 Å². The number of rotatable bonds is 6. The van der Waals surface area contributed by atoms with E-state index in [2.05, 4.69) is 0 Å². The van der Waals surface area contributed by atoms with Crippen molar-refractivity contribution in [3.8, 4) is 22.6 Å². The molecule has 2 rings (SSSR count). The summed E-state index contributed by atoms with van der Waals surface area (Å²) in [7, 11) is 0. The maximum Gasteiger partial charge on any atom is 0.249 e. The highest BCUT2D eigenvalue weighted by Crippen LogP contribution is 2.40. The van der Waals surface area contributed by atoms with Crippen LogP contribution < -0.4 is 15.2 Å². The third-order valence-corrected chi connectivity index (χ3v) is 3.04. The van der Waals surface area contributed by atoms with Gasteiger partial charge in [0.15, 0.2) is 11.5 Å². The highest BCUT2D eigenvalue weighted by Gasteiger charge is 2.20. The Balaban J connectivity index is 2.71. The molecule has 0 radical (unpaired) electrons. The van der Waals surface area contributed by atoms with Crippen LogP contribution in [0.2, 0.25) is 0 Å². The number of hydrogen-bond acceptors (Lipinski definition) is 3. The first-order valence-electron chi connectivity index (χ1n) is 6.96. The summed E-state index contributed by atoms with van der Waals surface area (Å²) in [5.41, 5.74) is 7.48. The molecule has 0 atom stereocenters. The first kappa shape index (κ1) is 14.9. The van der Waals surface area contributed by atoms with Gasteiger partial charge in [-0.1, -0.05) is 30.3 Å². The molecule has 110 valence electrons. The molecule has 0 saturated carbocycles. The third-order valence-electron chi connectivity index (χ3n) is 3.04. The van der Waals surface area contributed by atoms with E-state index in [1.54, 1.807) is 12.1 Å². The Hall–Kier alpha value is -2.49. The highest BCUT2D eigenvalue weighted by atomic mass is 16.5. The normalized spacial score (nSPS) is 10.2. The van der Waals surface area contributed by atoms with Gasteiger partial charge in [0, 0.05) is 5.56 Å². The van der Waals surface area contributed by atoms with Gasteiger partial charge in [0.25, 0.3) is 0 Å². The molecule has 4 nitrogen and oxygen atoms in total. The van der Waals surface area contributed by atoms with Gasteiger partial charge in [-0.2, -0.15) is 0 Å². The molecule has 0 aliphatic carbocycles. The van der Waals surface area contributed by atoms with E-state index < -0.39 is 5.91 Å². The molecule has 2 aromatic rings. The standard InChI is InChI=1S/C17H19NO3/c1-3-20-14-11-10-13(17(18)19)15(16(14)21-4-2)12-8-6-5-7-9-12/h5-11H,3-4H2,1-2H3,(H2,18,19). The molecule has 0 heterocycles. The third kappa shape index (κ3) is 3.16. The zero-order valence-electron chi connectivity index (χ0n) is 12.3. The van der Waals surface area contributed by atoms with Crippen molar-refractivity contribution in [1.82, 2.24) is 0 Å². The Bertz CT molecular complexity index is 623. The Labute approximate surface area is 124 Å². The second-order valence-electron chi connectivity index (χ2n) is 4.41. The monoisotopic (exact) mass is 285 g/mol. The molecule has 2 aromatic carbocycles. The molecule has 0 aromatic heterocycles. The summed E-state index contributed by atoms with van der Waals surface area (Å²) in [6.07, 6.45) is 0. The maximum absolute atomic E-state index is 11.7. The lowest BCUT2D eigenvalue weighted by atomic mass is 9.97. The lowest BCUT2D eigenvalue weighted by Crippen LogP contribution is -2.14. The van der Waals surface area contributed by atoms with Crippen molar-refractivity contribution < 1.29 is 14.3 Å². The van der Waals surface area contributed by atoms with E-state index in [0.717, 1.165) is 5.56 Å². The van der Waals surface area contributed by atoms with Crippen LogP contribution in [-0.4, -0.2) is 19.1 Å². The molecule has 0 spiro atoms. The Morgan fingerprint density at radius 2 is 1.67 bits per heavy atom. The number of nitrogens with two attached hydrogens (primary N) is 1. The van der Waals surface area contributed by atoms with Crippen LogP contribution in [0.4, 0.5) is 0 Å². The zero-order valence-corrected chi connectivity index (χ0v) is 12.3. The molecule has 21 heavy (non-hydrogen) atoms. The van der Waals surface area contributed by atoms with Gasteiger partial charge in [-0.25, -0.2) is 0 Å². The van der Waals surface area contributed by atoms with Crippen molar-refractivity contribution >= 4 is 5.91 Å². The van der Waals surface area contributed by atoms with E-state index in [1.807, 2.05) is 44.2 Å². The maximum atomic E-state index is 11.7. The molecule has 0 saturated heterocycles. The predicted octanol–water partition coefficient (Wildman–Crippen LogP) is 3.25. The molecule has 0 aliphatic rings. The fourth-order valence-electron chi connectivity index (χ4n) is 2.22. The molecule has 1 amide bonds. The van der Waals surface area contributed by atoms with E-state index in [9.17, 15) is 4.79 Å². The van der Waals surface area contributed by atoms with Crippen LogP contribution in [0.5, 0.6) is 11.5 Å². The highest BCUT2D eigenvalue weighted by molar-refractivity contribution is 6.02. The summed E-state index contributed by atoms with van der Waals surface area (Å²) in [4.78, 5) is 11.7. The lowest BCUT2D eigenvalue weighted by molar-refractivity contribution is 0.100. The van der Waals surface area contributed by atoms with Crippen molar-refractivity contribution in [2.45, 2.75) is 13.8 Å². The Morgan fingerprint density at radius 3 is 2.24 bits per heavy atom. The summed E-state index contributed by atoms with van der Waals surface area (Å²) >= 11 is 0. The van der Waals surface area contributed by atoms with E-state index in [-0.39, 0.29) is 0 Å². The second-order valence-corrected chi connectivity index (χ2v) is 4.41. The van der Waals surface area contributed by atoms with E-state index in [4.69, 9.17) is 15.2 Å². The second kappa shape index (κ2) is 6.79. The summed E-state index contributed by atoms with van der Waals surface area (Å²) in [5, 5.41) is 0. The van der Waals surface area contributed by atoms with E-state index in [0.29, 0.717) is 35.8 Å². The smallest absolute Gasteiger partial charge is 0.249 e. The number of carbonyl (C=O) groups is 1. The molecule has 0 fully saturated rings. The van der Waals surface area contributed by atoms with Gasteiger partial charge >= 0.3 is 0 Å². The molecular formula is C17H19NO3.